The number of aryl methyl sites for hydroxylation is 1. The molecule has 23 heavy (non-hydrogen) atoms. The summed E-state index contributed by atoms with van der Waals surface area (Å²) in [5.41, 5.74) is 3.82. The normalized spacial score (nSPS) is 12.3. The van der Waals surface area contributed by atoms with Gasteiger partial charge in [-0.25, -0.2) is 0 Å². The smallest absolute Gasteiger partial charge is 0.161 e. The van der Waals surface area contributed by atoms with Gasteiger partial charge in [-0.2, -0.15) is 0 Å². The van der Waals surface area contributed by atoms with Crippen LogP contribution in [-0.2, 0) is 6.54 Å². The quantitative estimate of drug-likeness (QED) is 0.807. The molecule has 0 aliphatic carbocycles. The highest BCUT2D eigenvalue weighted by Crippen LogP contribution is 2.29. The molecule has 3 heteroatoms. The van der Waals surface area contributed by atoms with E-state index in [1.165, 1.54) is 16.7 Å². The van der Waals surface area contributed by atoms with Crippen LogP contribution >= 0.6 is 0 Å². The standard InChI is InChI=1S/C20H27NO2/c1-14(2)23-19-11-10-17(12-20(19)22-5)13-21-16(4)18-9-7-6-8-15(18)3/h6-12,14,16,21H,13H2,1-5H3. The number of hydrogen-bond acceptors (Lipinski definition) is 3. The van der Waals surface area contributed by atoms with E-state index in [4.69, 9.17) is 9.47 Å². The summed E-state index contributed by atoms with van der Waals surface area (Å²) in [5, 5.41) is 3.57. The predicted molar refractivity (Wildman–Crippen MR) is 95.2 cm³/mol. The molecule has 0 fully saturated rings. The van der Waals surface area contributed by atoms with Crippen molar-refractivity contribution in [2.75, 3.05) is 7.11 Å². The molecule has 0 aliphatic heterocycles. The summed E-state index contributed by atoms with van der Waals surface area (Å²) in [4.78, 5) is 0. The van der Waals surface area contributed by atoms with Crippen LogP contribution < -0.4 is 14.8 Å². The van der Waals surface area contributed by atoms with Gasteiger partial charge in [0.05, 0.1) is 13.2 Å². The van der Waals surface area contributed by atoms with E-state index in [9.17, 15) is 0 Å². The third-order valence-electron chi connectivity index (χ3n) is 3.86. The van der Waals surface area contributed by atoms with Crippen molar-refractivity contribution >= 4 is 0 Å². The molecule has 3 nitrogen and oxygen atoms in total. The van der Waals surface area contributed by atoms with Crippen LogP contribution in [0.2, 0.25) is 0 Å². The van der Waals surface area contributed by atoms with Crippen molar-refractivity contribution in [1.29, 1.82) is 0 Å². The maximum Gasteiger partial charge on any atom is 0.161 e. The molecule has 0 bridgehead atoms. The maximum absolute atomic E-state index is 5.76. The van der Waals surface area contributed by atoms with Crippen LogP contribution in [0.5, 0.6) is 11.5 Å². The molecule has 0 aliphatic rings. The minimum atomic E-state index is 0.133. The lowest BCUT2D eigenvalue weighted by molar-refractivity contribution is 0.230. The largest absolute Gasteiger partial charge is 0.493 e. The number of ether oxygens (including phenoxy) is 2. The Balaban J connectivity index is 2.04. The van der Waals surface area contributed by atoms with Gasteiger partial charge in [0, 0.05) is 12.6 Å². The van der Waals surface area contributed by atoms with Crippen LogP contribution in [-0.4, -0.2) is 13.2 Å². The van der Waals surface area contributed by atoms with Gasteiger partial charge >= 0.3 is 0 Å². The van der Waals surface area contributed by atoms with Gasteiger partial charge in [0.15, 0.2) is 11.5 Å². The average molecular weight is 313 g/mol. The van der Waals surface area contributed by atoms with Gasteiger partial charge in [-0.05, 0) is 56.5 Å². The molecular weight excluding hydrogens is 286 g/mol. The molecule has 0 radical (unpaired) electrons. The zero-order chi connectivity index (χ0) is 16.8. The first-order valence-corrected chi connectivity index (χ1v) is 8.13. The molecule has 2 aromatic carbocycles. The summed E-state index contributed by atoms with van der Waals surface area (Å²) in [6, 6.07) is 14.9. The van der Waals surface area contributed by atoms with E-state index in [1.807, 2.05) is 26.0 Å². The van der Waals surface area contributed by atoms with E-state index in [0.29, 0.717) is 6.04 Å². The molecule has 0 heterocycles. The SMILES string of the molecule is COc1cc(CNC(C)c2ccccc2C)ccc1OC(C)C. The molecule has 124 valence electrons. The van der Waals surface area contributed by atoms with Crippen molar-refractivity contribution in [2.45, 2.75) is 46.4 Å². The zero-order valence-electron chi connectivity index (χ0n) is 14.7. The number of benzene rings is 2. The Morgan fingerprint density at radius 2 is 1.74 bits per heavy atom. The fraction of sp³-hybridized carbons (Fsp3) is 0.400. The summed E-state index contributed by atoms with van der Waals surface area (Å²) in [5.74, 6) is 1.57. The molecular formula is C20H27NO2. The lowest BCUT2D eigenvalue weighted by Gasteiger charge is -2.18. The fourth-order valence-electron chi connectivity index (χ4n) is 2.63. The van der Waals surface area contributed by atoms with Gasteiger partial charge in [-0.3, -0.25) is 0 Å². The molecule has 0 saturated heterocycles. The fourth-order valence-corrected chi connectivity index (χ4v) is 2.63. The third-order valence-corrected chi connectivity index (χ3v) is 3.86. The predicted octanol–water partition coefficient (Wildman–Crippen LogP) is 4.64. The van der Waals surface area contributed by atoms with Crippen molar-refractivity contribution in [3.8, 4) is 11.5 Å². The topological polar surface area (TPSA) is 30.5 Å². The van der Waals surface area contributed by atoms with E-state index < -0.39 is 0 Å². The minimum absolute atomic E-state index is 0.133. The minimum Gasteiger partial charge on any atom is -0.493 e. The highest BCUT2D eigenvalue weighted by Gasteiger charge is 2.10. The van der Waals surface area contributed by atoms with Crippen LogP contribution in [0, 0.1) is 6.92 Å². The van der Waals surface area contributed by atoms with Gasteiger partial charge in [0.2, 0.25) is 0 Å². The van der Waals surface area contributed by atoms with Crippen molar-refractivity contribution in [3.63, 3.8) is 0 Å². The lowest BCUT2D eigenvalue weighted by Crippen LogP contribution is -2.19. The van der Waals surface area contributed by atoms with E-state index in [1.54, 1.807) is 7.11 Å². The van der Waals surface area contributed by atoms with Crippen molar-refractivity contribution in [3.05, 3.63) is 59.2 Å². The van der Waals surface area contributed by atoms with Crippen LogP contribution in [0.25, 0.3) is 0 Å². The first kappa shape index (κ1) is 17.4. The summed E-state index contributed by atoms with van der Waals surface area (Å²) in [6.45, 7) is 9.15. The van der Waals surface area contributed by atoms with E-state index >= 15 is 0 Å². The van der Waals surface area contributed by atoms with Crippen LogP contribution in [0.3, 0.4) is 0 Å². The van der Waals surface area contributed by atoms with Gasteiger partial charge in [-0.1, -0.05) is 30.3 Å². The Morgan fingerprint density at radius 1 is 1.00 bits per heavy atom. The summed E-state index contributed by atoms with van der Waals surface area (Å²) >= 11 is 0. The maximum atomic E-state index is 5.76. The van der Waals surface area contributed by atoms with Gasteiger partial charge < -0.3 is 14.8 Å². The van der Waals surface area contributed by atoms with Crippen molar-refractivity contribution in [1.82, 2.24) is 5.32 Å². The number of hydrogen-bond donors (Lipinski definition) is 1. The van der Waals surface area contributed by atoms with E-state index in [2.05, 4.69) is 49.5 Å². The molecule has 1 atom stereocenters. The number of nitrogens with one attached hydrogen (secondary N) is 1. The van der Waals surface area contributed by atoms with E-state index in [0.717, 1.165) is 18.0 Å². The van der Waals surface area contributed by atoms with Crippen LogP contribution in [0.1, 0.15) is 43.5 Å². The summed E-state index contributed by atoms with van der Waals surface area (Å²) in [7, 11) is 1.68. The van der Waals surface area contributed by atoms with Crippen LogP contribution in [0.15, 0.2) is 42.5 Å². The first-order valence-electron chi connectivity index (χ1n) is 8.13. The second kappa shape index (κ2) is 8.02. The number of methoxy groups -OCH3 is 1. The molecule has 0 saturated carbocycles. The summed E-state index contributed by atoms with van der Waals surface area (Å²) in [6.07, 6.45) is 0.133. The molecule has 0 spiro atoms. The molecule has 1 N–H and O–H groups in total. The molecule has 0 aromatic heterocycles. The Hall–Kier alpha value is -2.00. The third kappa shape index (κ3) is 4.73. The second-order valence-corrected chi connectivity index (χ2v) is 6.11. The molecule has 2 rings (SSSR count). The highest BCUT2D eigenvalue weighted by molar-refractivity contribution is 5.43. The highest BCUT2D eigenvalue weighted by atomic mass is 16.5. The Bertz CT molecular complexity index is 637. The summed E-state index contributed by atoms with van der Waals surface area (Å²) < 4.78 is 11.2. The Labute approximate surface area is 139 Å². The first-order chi connectivity index (χ1) is 11.0. The van der Waals surface area contributed by atoms with Crippen LogP contribution in [0.4, 0.5) is 0 Å². The molecule has 2 aromatic rings. The molecule has 0 amide bonds. The number of rotatable bonds is 7. The second-order valence-electron chi connectivity index (χ2n) is 6.11. The van der Waals surface area contributed by atoms with Crippen molar-refractivity contribution in [2.24, 2.45) is 0 Å². The van der Waals surface area contributed by atoms with Gasteiger partial charge in [-0.15, -0.1) is 0 Å². The monoisotopic (exact) mass is 313 g/mol. The van der Waals surface area contributed by atoms with E-state index in [-0.39, 0.29) is 6.10 Å². The lowest BCUT2D eigenvalue weighted by atomic mass is 10.0. The molecule has 1 unspecified atom stereocenters. The van der Waals surface area contributed by atoms with Gasteiger partial charge in [0.1, 0.15) is 0 Å². The van der Waals surface area contributed by atoms with Gasteiger partial charge in [0.25, 0.3) is 0 Å². The van der Waals surface area contributed by atoms with Crippen molar-refractivity contribution < 1.29 is 9.47 Å². The Morgan fingerprint density at radius 3 is 2.39 bits per heavy atom. The average Bonchev–Trinajstić information content (AvgIpc) is 2.53. The zero-order valence-corrected chi connectivity index (χ0v) is 14.7. The Kier molecular flexibility index (Phi) is 6.05.